The molecule has 0 aliphatic carbocycles. The van der Waals surface area contributed by atoms with Crippen molar-refractivity contribution in [2.45, 2.75) is 25.8 Å². The Bertz CT molecular complexity index is 420. The third kappa shape index (κ3) is 5.25. The van der Waals surface area contributed by atoms with Gasteiger partial charge in [0.2, 0.25) is 10.0 Å². The van der Waals surface area contributed by atoms with Crippen LogP contribution in [0.25, 0.3) is 0 Å². The molecule has 0 radical (unpaired) electrons. The quantitative estimate of drug-likeness (QED) is 0.710. The van der Waals surface area contributed by atoms with E-state index < -0.39 is 10.0 Å². The van der Waals surface area contributed by atoms with Crippen molar-refractivity contribution in [2.24, 2.45) is 0 Å². The maximum absolute atomic E-state index is 11.7. The third-order valence-electron chi connectivity index (χ3n) is 2.31. The van der Waals surface area contributed by atoms with Crippen molar-refractivity contribution in [3.63, 3.8) is 0 Å². The van der Waals surface area contributed by atoms with Gasteiger partial charge in [0, 0.05) is 12.8 Å². The Morgan fingerprint density at radius 1 is 1.41 bits per heavy atom. The lowest BCUT2D eigenvalue weighted by atomic mass is 10.2. The van der Waals surface area contributed by atoms with Gasteiger partial charge in [-0.15, -0.1) is 0 Å². The minimum atomic E-state index is -3.30. The summed E-state index contributed by atoms with van der Waals surface area (Å²) in [6.07, 6.45) is 2.59. The van der Waals surface area contributed by atoms with Crippen LogP contribution in [0.2, 0.25) is 0 Å². The van der Waals surface area contributed by atoms with Crippen LogP contribution in [0.4, 0.5) is 0 Å². The van der Waals surface area contributed by atoms with Crippen LogP contribution in [0.5, 0.6) is 0 Å². The molecule has 0 bridgehead atoms. The molecule has 1 aromatic heterocycles. The van der Waals surface area contributed by atoms with Crippen molar-refractivity contribution in [3.05, 3.63) is 30.1 Å². The Morgan fingerprint density at radius 3 is 2.76 bits per heavy atom. The molecule has 0 fully saturated rings. The highest BCUT2D eigenvalue weighted by Crippen LogP contribution is 2.10. The summed E-state index contributed by atoms with van der Waals surface area (Å²) in [5.74, 6) is 0.0325. The second kappa shape index (κ2) is 6.68. The molecule has 17 heavy (non-hydrogen) atoms. The first-order chi connectivity index (χ1) is 8.05. The molecule has 1 atom stereocenters. The molecule has 5 nitrogen and oxygen atoms in total. The lowest BCUT2D eigenvalue weighted by molar-refractivity contribution is 0.287. The maximum Gasteiger partial charge on any atom is 0.212 e. The number of unbranched alkanes of at least 4 members (excludes halogenated alkanes) is 1. The summed E-state index contributed by atoms with van der Waals surface area (Å²) in [6, 6.07) is 5.04. The lowest BCUT2D eigenvalue weighted by Gasteiger charge is -2.13. The summed E-state index contributed by atoms with van der Waals surface area (Å²) in [7, 11) is -3.30. The number of nitrogens with one attached hydrogen (secondary N) is 1. The van der Waals surface area contributed by atoms with Gasteiger partial charge in [-0.2, -0.15) is 0 Å². The van der Waals surface area contributed by atoms with Crippen molar-refractivity contribution in [1.82, 2.24) is 9.71 Å². The first-order valence-corrected chi connectivity index (χ1v) is 7.22. The number of sulfonamides is 1. The van der Waals surface area contributed by atoms with Crippen molar-refractivity contribution >= 4 is 10.0 Å². The van der Waals surface area contributed by atoms with Crippen molar-refractivity contribution in [3.8, 4) is 0 Å². The molecule has 1 aromatic rings. The highest BCUT2D eigenvalue weighted by molar-refractivity contribution is 7.89. The van der Waals surface area contributed by atoms with Crippen molar-refractivity contribution in [1.29, 1.82) is 0 Å². The molecule has 0 saturated carbocycles. The monoisotopic (exact) mass is 258 g/mol. The van der Waals surface area contributed by atoms with Crippen LogP contribution < -0.4 is 4.72 Å². The lowest BCUT2D eigenvalue weighted by Crippen LogP contribution is -2.29. The maximum atomic E-state index is 11.7. The molecule has 2 N–H and O–H groups in total. The Morgan fingerprint density at radius 2 is 2.18 bits per heavy atom. The number of aliphatic hydroxyl groups excluding tert-OH is 1. The molecular formula is C11H18N2O3S. The second-order valence-electron chi connectivity index (χ2n) is 3.84. The topological polar surface area (TPSA) is 79.3 Å². The Hall–Kier alpha value is -0.980. The van der Waals surface area contributed by atoms with E-state index in [4.69, 9.17) is 5.11 Å². The SMILES string of the molecule is CC(NS(=O)(=O)CCCCO)c1ccccn1. The number of aromatic nitrogens is 1. The van der Waals surface area contributed by atoms with Crippen molar-refractivity contribution in [2.75, 3.05) is 12.4 Å². The standard InChI is InChI=1S/C11H18N2O3S/c1-10(11-6-2-3-7-12-11)13-17(15,16)9-5-4-8-14/h2-3,6-7,10,13-14H,4-5,8-9H2,1H3. The summed E-state index contributed by atoms with van der Waals surface area (Å²) >= 11 is 0. The third-order valence-corrected chi connectivity index (χ3v) is 3.85. The molecule has 0 aromatic carbocycles. The zero-order valence-electron chi connectivity index (χ0n) is 9.83. The van der Waals surface area contributed by atoms with Gasteiger partial charge in [-0.3, -0.25) is 4.98 Å². The summed E-state index contributed by atoms with van der Waals surface area (Å²) in [4.78, 5) is 4.09. The number of rotatable bonds is 7. The van der Waals surface area contributed by atoms with E-state index in [1.165, 1.54) is 0 Å². The fourth-order valence-electron chi connectivity index (χ4n) is 1.42. The van der Waals surface area contributed by atoms with Gasteiger partial charge in [-0.05, 0) is 31.9 Å². The summed E-state index contributed by atoms with van der Waals surface area (Å²) in [5, 5.41) is 8.60. The predicted molar refractivity (Wildman–Crippen MR) is 65.9 cm³/mol. The summed E-state index contributed by atoms with van der Waals surface area (Å²) in [6.45, 7) is 1.78. The predicted octanol–water partition coefficient (Wildman–Crippen LogP) is 0.834. The highest BCUT2D eigenvalue weighted by Gasteiger charge is 2.15. The zero-order valence-corrected chi connectivity index (χ0v) is 10.7. The van der Waals surface area contributed by atoms with Crippen LogP contribution in [-0.4, -0.2) is 30.9 Å². The van der Waals surface area contributed by atoms with Gasteiger partial charge in [0.25, 0.3) is 0 Å². The van der Waals surface area contributed by atoms with E-state index in [9.17, 15) is 8.42 Å². The Labute approximate surface area is 102 Å². The molecule has 0 spiro atoms. The average Bonchev–Trinajstić information content (AvgIpc) is 2.30. The number of nitrogens with zero attached hydrogens (tertiary/aromatic N) is 1. The van der Waals surface area contributed by atoms with Crippen LogP contribution in [0.3, 0.4) is 0 Å². The number of aliphatic hydroxyl groups is 1. The molecule has 0 aliphatic heterocycles. The fourth-order valence-corrected chi connectivity index (χ4v) is 2.79. The zero-order chi connectivity index (χ0) is 12.7. The van der Waals surface area contributed by atoms with E-state index in [1.54, 1.807) is 25.3 Å². The molecule has 96 valence electrons. The molecule has 0 amide bonds. The van der Waals surface area contributed by atoms with Gasteiger partial charge in [-0.25, -0.2) is 13.1 Å². The van der Waals surface area contributed by atoms with Crippen molar-refractivity contribution < 1.29 is 13.5 Å². The summed E-state index contributed by atoms with van der Waals surface area (Å²) < 4.78 is 25.9. The van der Waals surface area contributed by atoms with E-state index in [0.29, 0.717) is 18.5 Å². The van der Waals surface area contributed by atoms with Crippen LogP contribution in [0.15, 0.2) is 24.4 Å². The minimum Gasteiger partial charge on any atom is -0.396 e. The number of pyridine rings is 1. The molecular weight excluding hydrogens is 240 g/mol. The Kier molecular flexibility index (Phi) is 5.54. The van der Waals surface area contributed by atoms with Crippen LogP contribution >= 0.6 is 0 Å². The fraction of sp³-hybridized carbons (Fsp3) is 0.545. The minimum absolute atomic E-state index is 0.0192. The largest absolute Gasteiger partial charge is 0.396 e. The second-order valence-corrected chi connectivity index (χ2v) is 5.72. The first kappa shape index (κ1) is 14.1. The molecule has 1 rings (SSSR count). The first-order valence-electron chi connectivity index (χ1n) is 5.57. The van der Waals surface area contributed by atoms with Gasteiger partial charge in [0.1, 0.15) is 0 Å². The van der Waals surface area contributed by atoms with E-state index >= 15 is 0 Å². The van der Waals surface area contributed by atoms with Crippen LogP contribution in [0, 0.1) is 0 Å². The summed E-state index contributed by atoms with van der Waals surface area (Å²) in [5.41, 5.74) is 0.693. The molecule has 0 aliphatic rings. The Balaban J connectivity index is 2.53. The smallest absolute Gasteiger partial charge is 0.212 e. The van der Waals surface area contributed by atoms with Crippen LogP contribution in [-0.2, 0) is 10.0 Å². The van der Waals surface area contributed by atoms with E-state index in [0.717, 1.165) is 0 Å². The van der Waals surface area contributed by atoms with E-state index in [2.05, 4.69) is 9.71 Å². The molecule has 1 heterocycles. The number of hydrogen-bond donors (Lipinski definition) is 2. The molecule has 0 saturated heterocycles. The van der Waals surface area contributed by atoms with Crippen LogP contribution in [0.1, 0.15) is 31.5 Å². The normalized spacial score (nSPS) is 13.5. The number of hydrogen-bond acceptors (Lipinski definition) is 4. The molecule has 1 unspecified atom stereocenters. The van der Waals surface area contributed by atoms with Gasteiger partial charge in [0.05, 0.1) is 17.5 Å². The average molecular weight is 258 g/mol. The van der Waals surface area contributed by atoms with Gasteiger partial charge < -0.3 is 5.11 Å². The van der Waals surface area contributed by atoms with E-state index in [-0.39, 0.29) is 18.4 Å². The van der Waals surface area contributed by atoms with Gasteiger partial charge in [-0.1, -0.05) is 6.07 Å². The van der Waals surface area contributed by atoms with Gasteiger partial charge >= 0.3 is 0 Å². The highest BCUT2D eigenvalue weighted by atomic mass is 32.2. The van der Waals surface area contributed by atoms with Gasteiger partial charge in [0.15, 0.2) is 0 Å². The van der Waals surface area contributed by atoms with E-state index in [1.807, 2.05) is 6.07 Å². The molecule has 6 heteroatoms.